The van der Waals surface area contributed by atoms with Crippen molar-refractivity contribution in [3.05, 3.63) is 86.6 Å². The molecule has 0 spiro atoms. The van der Waals surface area contributed by atoms with Crippen LogP contribution in [0.5, 0.6) is 5.75 Å². The minimum Gasteiger partial charge on any atom is -0.506 e. The fourth-order valence-electron chi connectivity index (χ4n) is 5.60. The number of nitrogens with zero attached hydrogens (tertiary/aromatic N) is 3. The van der Waals surface area contributed by atoms with Gasteiger partial charge in [-0.25, -0.2) is 4.79 Å². The predicted molar refractivity (Wildman–Crippen MR) is 191 cm³/mol. The van der Waals surface area contributed by atoms with Gasteiger partial charge in [0.2, 0.25) is 11.8 Å². The van der Waals surface area contributed by atoms with Crippen LogP contribution in [0.25, 0.3) is 0 Å². The molecule has 1 aromatic heterocycles. The van der Waals surface area contributed by atoms with Crippen LogP contribution in [-0.2, 0) is 28.6 Å². The minimum atomic E-state index is -4.49. The number of nitrogens with one attached hydrogen (secondary N) is 3. The lowest BCUT2D eigenvalue weighted by atomic mass is 10.0. The molecule has 4 rings (SSSR count). The molecule has 16 heteroatoms. The number of pyridine rings is 1. The maximum atomic E-state index is 13.9. The summed E-state index contributed by atoms with van der Waals surface area (Å²) in [5, 5.41) is 18.3. The Hall–Kier alpha value is -3.89. The van der Waals surface area contributed by atoms with Crippen molar-refractivity contribution in [3.63, 3.8) is 0 Å². The quantitative estimate of drug-likeness (QED) is 0.147. The monoisotopic (exact) mass is 825 g/mol. The number of halogens is 5. The number of anilines is 1. The molecule has 1 aliphatic rings. The highest BCUT2D eigenvalue weighted by molar-refractivity contribution is 9.11. The normalized spacial score (nSPS) is 14.5. The molecule has 2 atom stereocenters. The molecule has 50 heavy (non-hydrogen) atoms. The first-order chi connectivity index (χ1) is 23.8. The standard InChI is InChI=1S/C34H40Br2F3N7O4/c35-26-19-23(20-27(36)30(26)47)21-29(44-33(50)42-13-7-22-4-3-5-24(18-22)34(37,38)39)31(48)43-28(6-1-2-10-40)32(49)46-16-14-45(15-17-46)25-8-11-41-12-9-25/h3-5,8-9,11-12,18-20,28-29,47H,1-2,6-7,10,13-17,21,40H2,(H,43,48)(H2,42,44,50)/t28-,29+/m0/s1. The van der Waals surface area contributed by atoms with Crippen LogP contribution in [-0.4, -0.2) is 84.2 Å². The highest BCUT2D eigenvalue weighted by Crippen LogP contribution is 2.34. The molecule has 11 nitrogen and oxygen atoms in total. The highest BCUT2D eigenvalue weighted by Gasteiger charge is 2.32. The molecular formula is C34H40Br2F3N7O4. The Kier molecular flexibility index (Phi) is 14.3. The lowest BCUT2D eigenvalue weighted by Crippen LogP contribution is -2.58. The molecule has 0 saturated carbocycles. The number of unbranched alkanes of at least 4 members (excludes halogenated alkanes) is 1. The molecule has 2 heterocycles. The molecule has 1 fully saturated rings. The largest absolute Gasteiger partial charge is 0.506 e. The maximum Gasteiger partial charge on any atom is 0.416 e. The average molecular weight is 828 g/mol. The van der Waals surface area contributed by atoms with Crippen molar-refractivity contribution in [3.8, 4) is 5.75 Å². The molecule has 0 aliphatic carbocycles. The summed E-state index contributed by atoms with van der Waals surface area (Å²) < 4.78 is 40.1. The third kappa shape index (κ3) is 11.3. The lowest BCUT2D eigenvalue weighted by molar-refractivity contribution is -0.137. The number of phenols is 1. The molecular weight excluding hydrogens is 787 g/mol. The van der Waals surface area contributed by atoms with Gasteiger partial charge in [0.15, 0.2) is 0 Å². The first-order valence-electron chi connectivity index (χ1n) is 16.2. The van der Waals surface area contributed by atoms with Crippen molar-refractivity contribution in [1.82, 2.24) is 25.8 Å². The van der Waals surface area contributed by atoms with Gasteiger partial charge in [0.25, 0.3) is 0 Å². The van der Waals surface area contributed by atoms with Gasteiger partial charge >= 0.3 is 12.2 Å². The molecule has 1 aliphatic heterocycles. The Morgan fingerprint density at radius 1 is 0.920 bits per heavy atom. The van der Waals surface area contributed by atoms with Crippen molar-refractivity contribution in [2.24, 2.45) is 5.73 Å². The topological polar surface area (TPSA) is 153 Å². The van der Waals surface area contributed by atoms with Gasteiger partial charge in [0, 0.05) is 57.2 Å². The van der Waals surface area contributed by atoms with E-state index in [1.807, 2.05) is 12.1 Å². The van der Waals surface area contributed by atoms with E-state index >= 15 is 0 Å². The van der Waals surface area contributed by atoms with E-state index in [-0.39, 0.29) is 31.0 Å². The fraction of sp³-hybridized carbons (Fsp3) is 0.412. The van der Waals surface area contributed by atoms with Gasteiger partial charge in [0.05, 0.1) is 14.5 Å². The molecule has 3 aromatic rings. The molecule has 1 saturated heterocycles. The lowest BCUT2D eigenvalue weighted by Gasteiger charge is -2.37. The van der Waals surface area contributed by atoms with Crippen molar-refractivity contribution in [1.29, 1.82) is 0 Å². The number of amides is 4. The van der Waals surface area contributed by atoms with Gasteiger partial charge in [-0.15, -0.1) is 0 Å². The summed E-state index contributed by atoms with van der Waals surface area (Å²) in [6, 6.07) is 9.15. The Bertz CT molecular complexity index is 1590. The van der Waals surface area contributed by atoms with Crippen LogP contribution in [0, 0.1) is 0 Å². The van der Waals surface area contributed by atoms with Crippen LogP contribution in [0.2, 0.25) is 0 Å². The number of aromatic hydroxyl groups is 1. The number of carbonyl (C=O) groups is 3. The number of piperazine rings is 1. The summed E-state index contributed by atoms with van der Waals surface area (Å²) >= 11 is 6.58. The smallest absolute Gasteiger partial charge is 0.416 e. The minimum absolute atomic E-state index is 0.00131. The number of benzene rings is 2. The van der Waals surface area contributed by atoms with Crippen LogP contribution in [0.15, 0.2) is 69.9 Å². The van der Waals surface area contributed by atoms with E-state index in [0.29, 0.717) is 72.1 Å². The van der Waals surface area contributed by atoms with Crippen LogP contribution in [0.4, 0.5) is 23.7 Å². The van der Waals surface area contributed by atoms with Gasteiger partial charge < -0.3 is 36.6 Å². The number of carbonyl (C=O) groups excluding carboxylic acids is 3. The predicted octanol–water partition coefficient (Wildman–Crippen LogP) is 4.75. The molecule has 0 radical (unpaired) electrons. The SMILES string of the molecule is NCCCC[C@H](NC(=O)[C@@H](Cc1cc(Br)c(O)c(Br)c1)NC(=O)NCCc1cccc(C(F)(F)F)c1)C(=O)N1CCN(c2ccncc2)CC1. The molecule has 270 valence electrons. The number of aromatic nitrogens is 1. The second kappa shape index (κ2) is 18.4. The van der Waals surface area contributed by atoms with E-state index in [9.17, 15) is 32.7 Å². The average Bonchev–Trinajstić information content (AvgIpc) is 3.10. The fourth-order valence-corrected chi connectivity index (χ4v) is 6.88. The Balaban J connectivity index is 1.45. The first-order valence-corrected chi connectivity index (χ1v) is 17.8. The third-order valence-electron chi connectivity index (χ3n) is 8.27. The molecule has 0 bridgehead atoms. The Labute approximate surface area is 305 Å². The van der Waals surface area contributed by atoms with Crippen LogP contribution >= 0.6 is 31.9 Å². The summed E-state index contributed by atoms with van der Waals surface area (Å²) in [7, 11) is 0. The molecule has 6 N–H and O–H groups in total. The van der Waals surface area contributed by atoms with Crippen LogP contribution < -0.4 is 26.6 Å². The van der Waals surface area contributed by atoms with Crippen molar-refractivity contribution in [2.75, 3.05) is 44.2 Å². The number of phenolic OH excluding ortho intramolecular Hbond substituents is 1. The van der Waals surface area contributed by atoms with E-state index in [0.717, 1.165) is 17.8 Å². The summed E-state index contributed by atoms with van der Waals surface area (Å²) in [5.41, 5.74) is 6.91. The van der Waals surface area contributed by atoms with Gasteiger partial charge in [-0.05, 0) is 106 Å². The van der Waals surface area contributed by atoms with E-state index in [2.05, 4.69) is 57.7 Å². The zero-order chi connectivity index (χ0) is 36.3. The van der Waals surface area contributed by atoms with Crippen LogP contribution in [0.3, 0.4) is 0 Å². The summed E-state index contributed by atoms with van der Waals surface area (Å²) in [4.78, 5) is 48.7. The molecule has 4 amide bonds. The summed E-state index contributed by atoms with van der Waals surface area (Å²) in [6.45, 7) is 2.55. The van der Waals surface area contributed by atoms with E-state index in [1.165, 1.54) is 12.1 Å². The van der Waals surface area contributed by atoms with Crippen molar-refractivity contribution < 1.29 is 32.7 Å². The second-order valence-electron chi connectivity index (χ2n) is 11.9. The Morgan fingerprint density at radius 3 is 2.24 bits per heavy atom. The van der Waals surface area contributed by atoms with Gasteiger partial charge in [-0.3, -0.25) is 14.6 Å². The molecule has 0 unspecified atom stereocenters. The highest BCUT2D eigenvalue weighted by atomic mass is 79.9. The first kappa shape index (κ1) is 38.9. The zero-order valence-electron chi connectivity index (χ0n) is 27.2. The number of nitrogens with two attached hydrogens (primary N) is 1. The van der Waals surface area contributed by atoms with Crippen molar-refractivity contribution >= 4 is 55.4 Å². The van der Waals surface area contributed by atoms with Gasteiger partial charge in [-0.2, -0.15) is 13.2 Å². The van der Waals surface area contributed by atoms with E-state index in [4.69, 9.17) is 5.73 Å². The summed E-state index contributed by atoms with van der Waals surface area (Å²) in [6.07, 6.45) is 0.656. The van der Waals surface area contributed by atoms with E-state index in [1.54, 1.807) is 29.4 Å². The van der Waals surface area contributed by atoms with E-state index < -0.39 is 35.8 Å². The number of urea groups is 1. The number of hydrogen-bond acceptors (Lipinski definition) is 7. The Morgan fingerprint density at radius 2 is 1.60 bits per heavy atom. The van der Waals surface area contributed by atoms with Crippen molar-refractivity contribution in [2.45, 2.75) is 50.4 Å². The second-order valence-corrected chi connectivity index (χ2v) is 13.6. The number of hydrogen-bond donors (Lipinski definition) is 5. The zero-order valence-corrected chi connectivity index (χ0v) is 30.4. The van der Waals surface area contributed by atoms with Gasteiger partial charge in [-0.1, -0.05) is 18.2 Å². The van der Waals surface area contributed by atoms with Gasteiger partial charge in [0.1, 0.15) is 17.8 Å². The summed E-state index contributed by atoms with van der Waals surface area (Å²) in [5.74, 6) is -0.867. The van der Waals surface area contributed by atoms with Crippen LogP contribution in [0.1, 0.15) is 36.0 Å². The molecule has 2 aromatic carbocycles. The maximum absolute atomic E-state index is 13.9. The number of alkyl halides is 3. The third-order valence-corrected chi connectivity index (χ3v) is 9.48. The number of rotatable bonds is 14.